The number of unbranched alkanes of at least 4 members (excludes halogenated alkanes) is 2. The lowest BCUT2D eigenvalue weighted by Gasteiger charge is -2.13. The molecule has 0 spiro atoms. The predicted octanol–water partition coefficient (Wildman–Crippen LogP) is 2.84. The zero-order valence-electron chi connectivity index (χ0n) is 11.1. The van der Waals surface area contributed by atoms with E-state index in [0.29, 0.717) is 12.6 Å². The third-order valence-electron chi connectivity index (χ3n) is 2.90. The quantitative estimate of drug-likeness (QED) is 0.696. The Morgan fingerprint density at radius 2 is 2.22 bits per heavy atom. The molecule has 0 aliphatic heterocycles. The number of hydrogen-bond donors (Lipinski definition) is 2. The van der Waals surface area contributed by atoms with E-state index in [4.69, 9.17) is 5.11 Å². The third kappa shape index (κ3) is 5.27. The highest BCUT2D eigenvalue weighted by Crippen LogP contribution is 2.04. The molecule has 2 N–H and O–H groups in total. The number of carboxylic acids is 1. The second kappa shape index (κ2) is 7.82. The maximum atomic E-state index is 10.8. The normalized spacial score (nSPS) is 12.3. The smallest absolute Gasteiger partial charge is 0.354 e. The lowest BCUT2D eigenvalue weighted by Crippen LogP contribution is -2.26. The van der Waals surface area contributed by atoms with E-state index < -0.39 is 5.97 Å². The summed E-state index contributed by atoms with van der Waals surface area (Å²) in [5.74, 6) is -0.979. The largest absolute Gasteiger partial charge is 0.477 e. The minimum atomic E-state index is -0.979. The molecule has 1 aromatic rings. The number of pyridine rings is 1. The maximum absolute atomic E-state index is 10.8. The Hall–Kier alpha value is -1.42. The standard InChI is InChI=1S/C14H22N2O2/c1-3-4-5-7-11(2)15-10-12-8-6-9-13(16-12)14(17)18/h6,8-9,11,15H,3-5,7,10H2,1-2H3,(H,17,18). The van der Waals surface area contributed by atoms with Gasteiger partial charge in [0.15, 0.2) is 0 Å². The fraction of sp³-hybridized carbons (Fsp3) is 0.571. The predicted molar refractivity (Wildman–Crippen MR) is 71.6 cm³/mol. The van der Waals surface area contributed by atoms with Gasteiger partial charge in [-0.2, -0.15) is 0 Å². The van der Waals surface area contributed by atoms with Gasteiger partial charge in [0.05, 0.1) is 5.69 Å². The van der Waals surface area contributed by atoms with Crippen LogP contribution in [0.5, 0.6) is 0 Å². The highest BCUT2D eigenvalue weighted by molar-refractivity contribution is 5.85. The number of nitrogens with zero attached hydrogens (tertiary/aromatic N) is 1. The van der Waals surface area contributed by atoms with Gasteiger partial charge in [0.1, 0.15) is 5.69 Å². The summed E-state index contributed by atoms with van der Waals surface area (Å²) in [5, 5.41) is 12.2. The number of nitrogens with one attached hydrogen (secondary N) is 1. The van der Waals surface area contributed by atoms with E-state index in [2.05, 4.69) is 24.1 Å². The summed E-state index contributed by atoms with van der Waals surface area (Å²) >= 11 is 0. The van der Waals surface area contributed by atoms with Crippen LogP contribution in [0.1, 0.15) is 55.7 Å². The van der Waals surface area contributed by atoms with Crippen LogP contribution in [-0.4, -0.2) is 22.1 Å². The third-order valence-corrected chi connectivity index (χ3v) is 2.90. The molecule has 1 atom stereocenters. The van der Waals surface area contributed by atoms with Crippen molar-refractivity contribution in [1.29, 1.82) is 0 Å². The summed E-state index contributed by atoms with van der Waals surface area (Å²) in [6, 6.07) is 5.52. The Morgan fingerprint density at radius 1 is 1.44 bits per heavy atom. The van der Waals surface area contributed by atoms with Crippen molar-refractivity contribution in [2.75, 3.05) is 0 Å². The Labute approximate surface area is 108 Å². The van der Waals surface area contributed by atoms with Gasteiger partial charge in [-0.25, -0.2) is 9.78 Å². The Kier molecular flexibility index (Phi) is 6.36. The topological polar surface area (TPSA) is 62.2 Å². The van der Waals surface area contributed by atoms with Crippen molar-refractivity contribution in [2.24, 2.45) is 0 Å². The molecule has 0 fully saturated rings. The maximum Gasteiger partial charge on any atom is 0.354 e. The SMILES string of the molecule is CCCCCC(C)NCc1cccc(C(=O)O)n1. The summed E-state index contributed by atoms with van der Waals surface area (Å²) in [4.78, 5) is 14.9. The average Bonchev–Trinajstić information content (AvgIpc) is 2.37. The van der Waals surface area contributed by atoms with E-state index in [-0.39, 0.29) is 5.69 Å². The molecular formula is C14H22N2O2. The number of carbonyl (C=O) groups is 1. The lowest BCUT2D eigenvalue weighted by atomic mass is 10.1. The molecule has 0 radical (unpaired) electrons. The van der Waals surface area contributed by atoms with Crippen molar-refractivity contribution in [1.82, 2.24) is 10.3 Å². The van der Waals surface area contributed by atoms with Gasteiger partial charge in [-0.05, 0) is 25.5 Å². The highest BCUT2D eigenvalue weighted by Gasteiger charge is 2.06. The lowest BCUT2D eigenvalue weighted by molar-refractivity contribution is 0.0690. The summed E-state index contributed by atoms with van der Waals surface area (Å²) in [6.45, 7) is 4.96. The van der Waals surface area contributed by atoms with Gasteiger partial charge in [-0.15, -0.1) is 0 Å². The first-order valence-corrected chi connectivity index (χ1v) is 6.56. The molecule has 0 saturated carbocycles. The van der Waals surface area contributed by atoms with Crippen molar-refractivity contribution in [2.45, 2.75) is 52.1 Å². The van der Waals surface area contributed by atoms with Crippen LogP contribution in [0.2, 0.25) is 0 Å². The van der Waals surface area contributed by atoms with Crippen molar-refractivity contribution in [3.8, 4) is 0 Å². The molecule has 1 heterocycles. The second-order valence-electron chi connectivity index (χ2n) is 4.60. The van der Waals surface area contributed by atoms with Gasteiger partial charge in [0.2, 0.25) is 0 Å². The van der Waals surface area contributed by atoms with E-state index in [9.17, 15) is 4.79 Å². The van der Waals surface area contributed by atoms with Crippen LogP contribution in [-0.2, 0) is 6.54 Å². The van der Waals surface area contributed by atoms with Crippen LogP contribution >= 0.6 is 0 Å². The Balaban J connectivity index is 2.38. The number of aromatic nitrogens is 1. The zero-order valence-corrected chi connectivity index (χ0v) is 11.1. The second-order valence-corrected chi connectivity index (χ2v) is 4.60. The zero-order chi connectivity index (χ0) is 13.4. The first kappa shape index (κ1) is 14.6. The molecule has 0 bridgehead atoms. The van der Waals surface area contributed by atoms with E-state index in [1.807, 2.05) is 6.07 Å². The molecule has 0 aliphatic rings. The fourth-order valence-electron chi connectivity index (χ4n) is 1.78. The van der Waals surface area contributed by atoms with E-state index >= 15 is 0 Å². The summed E-state index contributed by atoms with van der Waals surface area (Å²) in [5.41, 5.74) is 0.880. The van der Waals surface area contributed by atoms with E-state index in [1.165, 1.54) is 25.3 Å². The number of aromatic carboxylic acids is 1. The molecule has 0 aliphatic carbocycles. The first-order chi connectivity index (χ1) is 8.63. The van der Waals surface area contributed by atoms with Crippen molar-refractivity contribution < 1.29 is 9.90 Å². The molecule has 0 saturated heterocycles. The van der Waals surface area contributed by atoms with Crippen molar-refractivity contribution in [3.63, 3.8) is 0 Å². The molecule has 18 heavy (non-hydrogen) atoms. The minimum absolute atomic E-state index is 0.105. The van der Waals surface area contributed by atoms with Gasteiger partial charge in [0.25, 0.3) is 0 Å². The van der Waals surface area contributed by atoms with Gasteiger partial charge >= 0.3 is 5.97 Å². The van der Waals surface area contributed by atoms with Crippen LogP contribution in [0, 0.1) is 0 Å². The van der Waals surface area contributed by atoms with Gasteiger partial charge in [-0.1, -0.05) is 32.3 Å². The van der Waals surface area contributed by atoms with Crippen LogP contribution < -0.4 is 5.32 Å². The molecule has 0 amide bonds. The number of carboxylic acid groups (broad SMARTS) is 1. The highest BCUT2D eigenvalue weighted by atomic mass is 16.4. The summed E-state index contributed by atoms with van der Waals surface area (Å²) in [7, 11) is 0. The summed E-state index contributed by atoms with van der Waals surface area (Å²) < 4.78 is 0. The minimum Gasteiger partial charge on any atom is -0.477 e. The van der Waals surface area contributed by atoms with Crippen LogP contribution in [0.4, 0.5) is 0 Å². The molecule has 4 heteroatoms. The Morgan fingerprint density at radius 3 is 2.89 bits per heavy atom. The van der Waals surface area contributed by atoms with Crippen LogP contribution in [0.15, 0.2) is 18.2 Å². The van der Waals surface area contributed by atoms with Gasteiger partial charge in [0, 0.05) is 12.6 Å². The van der Waals surface area contributed by atoms with Crippen LogP contribution in [0.3, 0.4) is 0 Å². The molecular weight excluding hydrogens is 228 g/mol. The molecule has 1 unspecified atom stereocenters. The molecule has 4 nitrogen and oxygen atoms in total. The van der Waals surface area contributed by atoms with Gasteiger partial charge < -0.3 is 10.4 Å². The van der Waals surface area contributed by atoms with Gasteiger partial charge in [-0.3, -0.25) is 0 Å². The molecule has 1 aromatic heterocycles. The monoisotopic (exact) mass is 250 g/mol. The number of rotatable bonds is 8. The average molecular weight is 250 g/mol. The van der Waals surface area contributed by atoms with Crippen LogP contribution in [0.25, 0.3) is 0 Å². The molecule has 100 valence electrons. The number of hydrogen-bond acceptors (Lipinski definition) is 3. The molecule has 1 rings (SSSR count). The van der Waals surface area contributed by atoms with E-state index in [0.717, 1.165) is 12.1 Å². The van der Waals surface area contributed by atoms with Crippen molar-refractivity contribution in [3.05, 3.63) is 29.6 Å². The van der Waals surface area contributed by atoms with Crippen molar-refractivity contribution >= 4 is 5.97 Å². The van der Waals surface area contributed by atoms with E-state index in [1.54, 1.807) is 6.07 Å². The Bertz CT molecular complexity index is 380. The fourth-order valence-corrected chi connectivity index (χ4v) is 1.78. The molecule has 0 aromatic carbocycles. The first-order valence-electron chi connectivity index (χ1n) is 6.56. The summed E-state index contributed by atoms with van der Waals surface area (Å²) in [6.07, 6.45) is 4.87.